The Morgan fingerprint density at radius 1 is 1.23 bits per heavy atom. The summed E-state index contributed by atoms with van der Waals surface area (Å²) in [6.45, 7) is 8.77. The van der Waals surface area contributed by atoms with Crippen LogP contribution in [0.5, 0.6) is 0 Å². The van der Waals surface area contributed by atoms with Crippen LogP contribution in [0.2, 0.25) is 19.6 Å². The van der Waals surface area contributed by atoms with E-state index in [1.54, 1.807) is 0 Å². The minimum atomic E-state index is -1.19. The van der Waals surface area contributed by atoms with Gasteiger partial charge in [-0.1, -0.05) is 31.6 Å². The van der Waals surface area contributed by atoms with Crippen LogP contribution in [0.4, 0.5) is 0 Å². The third-order valence-corrected chi connectivity index (χ3v) is 3.91. The fourth-order valence-electron chi connectivity index (χ4n) is 1.04. The summed E-state index contributed by atoms with van der Waals surface area (Å²) in [6.07, 6.45) is 1.96. The molecule has 0 atom stereocenters. The molecule has 0 saturated heterocycles. The molecule has 1 aromatic rings. The molecule has 68 valence electrons. The van der Waals surface area contributed by atoms with Gasteiger partial charge in [0.2, 0.25) is 0 Å². The van der Waals surface area contributed by atoms with Gasteiger partial charge in [0.25, 0.3) is 0 Å². The number of nitrogens with zero attached hydrogens (tertiary/aromatic N) is 1. The monoisotopic (exact) mass is 189 g/mol. The minimum absolute atomic E-state index is 0.865. The highest BCUT2D eigenvalue weighted by molar-refractivity contribution is 6.88. The van der Waals surface area contributed by atoms with Crippen molar-refractivity contribution >= 4 is 13.3 Å². The highest BCUT2D eigenvalue weighted by atomic mass is 28.3. The zero-order valence-corrected chi connectivity index (χ0v) is 9.68. The summed E-state index contributed by atoms with van der Waals surface area (Å²) in [5.74, 6) is 5.78. The van der Waals surface area contributed by atoms with Crippen LogP contribution < -0.4 is 5.19 Å². The van der Waals surface area contributed by atoms with E-state index >= 15 is 0 Å². The first-order valence-electron chi connectivity index (χ1n) is 4.43. The fraction of sp³-hybridized carbons (Fsp3) is 0.364. The molecule has 2 heteroatoms. The number of pyridine rings is 1. The van der Waals surface area contributed by atoms with Crippen LogP contribution in [0.25, 0.3) is 0 Å². The van der Waals surface area contributed by atoms with Crippen LogP contribution in [0.3, 0.4) is 0 Å². The molecule has 1 aromatic heterocycles. The molecule has 0 aliphatic heterocycles. The lowest BCUT2D eigenvalue weighted by atomic mass is 10.3. The first-order chi connectivity index (χ1) is 6.04. The molecule has 0 bridgehead atoms. The van der Waals surface area contributed by atoms with Crippen molar-refractivity contribution in [2.45, 2.75) is 26.6 Å². The predicted octanol–water partition coefficient (Wildman–Crippen LogP) is 2.00. The van der Waals surface area contributed by atoms with E-state index in [1.165, 1.54) is 5.19 Å². The molecule has 1 rings (SSSR count). The minimum Gasteiger partial charge on any atom is -0.248 e. The largest absolute Gasteiger partial charge is 0.248 e. The van der Waals surface area contributed by atoms with Gasteiger partial charge in [0.1, 0.15) is 5.69 Å². The second-order valence-electron chi connectivity index (χ2n) is 4.06. The lowest BCUT2D eigenvalue weighted by Gasteiger charge is -2.15. The highest BCUT2D eigenvalue weighted by Crippen LogP contribution is 2.01. The van der Waals surface area contributed by atoms with Gasteiger partial charge in [0.05, 0.1) is 8.07 Å². The van der Waals surface area contributed by atoms with Crippen molar-refractivity contribution in [3.8, 4) is 11.8 Å². The fourth-order valence-corrected chi connectivity index (χ4v) is 2.07. The second-order valence-corrected chi connectivity index (χ2v) is 9.13. The molecular formula is C11H15NSi. The normalized spacial score (nSPS) is 10.5. The van der Waals surface area contributed by atoms with Crippen LogP contribution >= 0.6 is 0 Å². The number of hydrogen-bond donors (Lipinski definition) is 0. The van der Waals surface area contributed by atoms with Gasteiger partial charge in [0, 0.05) is 6.20 Å². The smallest absolute Gasteiger partial charge is 0.113 e. The average molecular weight is 189 g/mol. The van der Waals surface area contributed by atoms with E-state index in [2.05, 4.69) is 42.5 Å². The van der Waals surface area contributed by atoms with E-state index in [1.807, 2.05) is 19.2 Å². The zero-order chi connectivity index (χ0) is 9.90. The first-order valence-corrected chi connectivity index (χ1v) is 7.93. The Morgan fingerprint density at radius 3 is 2.31 bits per heavy atom. The Balaban J connectivity index is 2.98. The highest BCUT2D eigenvalue weighted by Gasteiger charge is 2.15. The SMILES string of the molecule is CC#Cc1ccc([Si](C)(C)C)cn1. The molecule has 0 spiro atoms. The summed E-state index contributed by atoms with van der Waals surface area (Å²) in [5.41, 5.74) is 0.865. The van der Waals surface area contributed by atoms with Crippen molar-refractivity contribution in [3.63, 3.8) is 0 Å². The standard InChI is InChI=1S/C11H15NSi/c1-5-6-10-7-8-11(9-12-10)13(2,3)4/h7-9H,1-4H3. The van der Waals surface area contributed by atoms with Gasteiger partial charge in [-0.15, -0.1) is 0 Å². The number of hydrogen-bond acceptors (Lipinski definition) is 1. The van der Waals surface area contributed by atoms with Gasteiger partial charge < -0.3 is 0 Å². The molecule has 0 aliphatic carbocycles. The van der Waals surface area contributed by atoms with Gasteiger partial charge in [-0.25, -0.2) is 4.98 Å². The van der Waals surface area contributed by atoms with Gasteiger partial charge in [-0.3, -0.25) is 0 Å². The predicted molar refractivity (Wildman–Crippen MR) is 59.8 cm³/mol. The molecule has 0 saturated carbocycles. The van der Waals surface area contributed by atoms with Crippen LogP contribution in [-0.4, -0.2) is 13.1 Å². The molecular weight excluding hydrogens is 174 g/mol. The van der Waals surface area contributed by atoms with E-state index in [4.69, 9.17) is 0 Å². The van der Waals surface area contributed by atoms with Crippen LogP contribution in [0.1, 0.15) is 12.6 Å². The quantitative estimate of drug-likeness (QED) is 0.486. The van der Waals surface area contributed by atoms with E-state index in [-0.39, 0.29) is 0 Å². The summed E-state index contributed by atoms with van der Waals surface area (Å²) in [6, 6.07) is 4.16. The van der Waals surface area contributed by atoms with E-state index in [0.29, 0.717) is 0 Å². The van der Waals surface area contributed by atoms with Crippen molar-refractivity contribution < 1.29 is 0 Å². The number of rotatable bonds is 1. The maximum Gasteiger partial charge on any atom is 0.113 e. The molecule has 0 amide bonds. The van der Waals surface area contributed by atoms with Gasteiger partial charge >= 0.3 is 0 Å². The first kappa shape index (κ1) is 10.0. The Labute approximate surface area is 81.2 Å². The molecule has 0 radical (unpaired) electrons. The lowest BCUT2D eigenvalue weighted by molar-refractivity contribution is 1.30. The van der Waals surface area contributed by atoms with Gasteiger partial charge in [-0.2, -0.15) is 0 Å². The Morgan fingerprint density at radius 2 is 1.92 bits per heavy atom. The molecule has 1 nitrogen and oxygen atoms in total. The van der Waals surface area contributed by atoms with Gasteiger partial charge in [0.15, 0.2) is 0 Å². The van der Waals surface area contributed by atoms with E-state index < -0.39 is 8.07 Å². The summed E-state index contributed by atoms with van der Waals surface area (Å²) in [5, 5.41) is 1.38. The molecule has 0 aliphatic rings. The van der Waals surface area contributed by atoms with Crippen molar-refractivity contribution in [2.24, 2.45) is 0 Å². The Bertz CT molecular complexity index is 335. The van der Waals surface area contributed by atoms with Crippen LogP contribution in [-0.2, 0) is 0 Å². The summed E-state index contributed by atoms with van der Waals surface area (Å²) in [7, 11) is -1.19. The topological polar surface area (TPSA) is 12.9 Å². The van der Waals surface area contributed by atoms with Crippen molar-refractivity contribution in [1.82, 2.24) is 4.98 Å². The molecule has 0 N–H and O–H groups in total. The summed E-state index contributed by atoms with van der Waals surface area (Å²) < 4.78 is 0. The lowest BCUT2D eigenvalue weighted by Crippen LogP contribution is -2.37. The molecule has 0 aromatic carbocycles. The maximum absolute atomic E-state index is 4.30. The second kappa shape index (κ2) is 3.76. The molecule has 0 fully saturated rings. The van der Waals surface area contributed by atoms with Crippen molar-refractivity contribution in [2.75, 3.05) is 0 Å². The van der Waals surface area contributed by atoms with E-state index in [9.17, 15) is 0 Å². The van der Waals surface area contributed by atoms with Gasteiger partial charge in [-0.05, 0) is 24.1 Å². The number of aromatic nitrogens is 1. The van der Waals surface area contributed by atoms with Crippen LogP contribution in [0, 0.1) is 11.8 Å². The molecule has 0 unspecified atom stereocenters. The summed E-state index contributed by atoms with van der Waals surface area (Å²) >= 11 is 0. The Kier molecular flexibility index (Phi) is 2.89. The third-order valence-electron chi connectivity index (χ3n) is 1.88. The molecule has 13 heavy (non-hydrogen) atoms. The average Bonchev–Trinajstić information content (AvgIpc) is 2.04. The summed E-state index contributed by atoms with van der Waals surface area (Å²) in [4.78, 5) is 4.30. The maximum atomic E-state index is 4.30. The third kappa shape index (κ3) is 2.71. The molecule has 1 heterocycles. The zero-order valence-electron chi connectivity index (χ0n) is 8.68. The Hall–Kier alpha value is -1.07. The van der Waals surface area contributed by atoms with Crippen molar-refractivity contribution in [3.05, 3.63) is 24.0 Å². The van der Waals surface area contributed by atoms with Crippen LogP contribution in [0.15, 0.2) is 18.3 Å². The van der Waals surface area contributed by atoms with Crippen molar-refractivity contribution in [1.29, 1.82) is 0 Å². The van der Waals surface area contributed by atoms with E-state index in [0.717, 1.165) is 5.69 Å².